The van der Waals surface area contributed by atoms with Crippen molar-refractivity contribution in [2.75, 3.05) is 7.05 Å². The lowest BCUT2D eigenvalue weighted by molar-refractivity contribution is 0.208. The molecular weight excluding hydrogens is 355 g/mol. The van der Waals surface area contributed by atoms with Gasteiger partial charge in [0.25, 0.3) is 5.56 Å². The molecule has 6 heteroatoms. The lowest BCUT2D eigenvalue weighted by Gasteiger charge is -2.28. The van der Waals surface area contributed by atoms with Gasteiger partial charge in [-0.05, 0) is 56.5 Å². The van der Waals surface area contributed by atoms with Crippen LogP contribution in [0.25, 0.3) is 11.4 Å². The monoisotopic (exact) mass is 378 g/mol. The first-order chi connectivity index (χ1) is 13.5. The van der Waals surface area contributed by atoms with E-state index in [0.29, 0.717) is 11.7 Å². The van der Waals surface area contributed by atoms with Gasteiger partial charge in [-0.15, -0.1) is 0 Å². The number of pyridine rings is 1. The number of H-pyrrole nitrogens is 1. The van der Waals surface area contributed by atoms with Crippen molar-refractivity contribution in [1.29, 1.82) is 0 Å². The summed E-state index contributed by atoms with van der Waals surface area (Å²) in [7, 11) is 2.12. The summed E-state index contributed by atoms with van der Waals surface area (Å²) in [6.07, 6.45) is 4.30. The van der Waals surface area contributed by atoms with E-state index in [1.54, 1.807) is 0 Å². The van der Waals surface area contributed by atoms with Crippen LogP contribution >= 0.6 is 0 Å². The van der Waals surface area contributed by atoms with Gasteiger partial charge in [-0.25, -0.2) is 4.98 Å². The minimum absolute atomic E-state index is 0.102. The fraction of sp³-hybridized carbons (Fsp3) is 0.318. The molecule has 5 nitrogen and oxygen atoms in total. The van der Waals surface area contributed by atoms with E-state index in [4.69, 9.17) is 0 Å². The number of benzene rings is 1. The zero-order valence-electron chi connectivity index (χ0n) is 16.0. The molecule has 1 atom stereocenters. The Labute approximate surface area is 163 Å². The molecule has 28 heavy (non-hydrogen) atoms. The number of nitrogens with one attached hydrogen (secondary N) is 1. The van der Waals surface area contributed by atoms with Crippen LogP contribution in [0.5, 0.6) is 0 Å². The van der Waals surface area contributed by atoms with Gasteiger partial charge in [0.05, 0.1) is 17.4 Å². The molecule has 1 fully saturated rings. The molecule has 1 aliphatic rings. The lowest BCUT2D eigenvalue weighted by Crippen LogP contribution is -2.26. The van der Waals surface area contributed by atoms with Crippen molar-refractivity contribution in [2.24, 2.45) is 5.92 Å². The Balaban J connectivity index is 1.59. The Hall–Kier alpha value is -2.86. The summed E-state index contributed by atoms with van der Waals surface area (Å²) in [4.78, 5) is 25.3. The van der Waals surface area contributed by atoms with E-state index in [9.17, 15) is 9.18 Å². The molecule has 0 spiro atoms. The van der Waals surface area contributed by atoms with Crippen molar-refractivity contribution in [2.45, 2.75) is 32.4 Å². The molecule has 1 N–H and O–H groups in total. The molecule has 2 aromatic heterocycles. The normalized spacial score (nSPS) is 15.0. The number of aryl methyl sites for hydroxylation is 1. The third-order valence-corrected chi connectivity index (χ3v) is 5.20. The molecule has 0 aliphatic heterocycles. The van der Waals surface area contributed by atoms with Crippen molar-refractivity contribution in [3.63, 3.8) is 0 Å². The molecule has 0 unspecified atom stereocenters. The van der Waals surface area contributed by atoms with E-state index in [1.807, 2.05) is 36.5 Å². The van der Waals surface area contributed by atoms with E-state index in [0.717, 1.165) is 23.4 Å². The largest absolute Gasteiger partial charge is 0.304 e. The Bertz CT molecular complexity index is 1030. The zero-order valence-corrected chi connectivity index (χ0v) is 16.0. The predicted molar refractivity (Wildman–Crippen MR) is 106 cm³/mol. The average Bonchev–Trinajstić information content (AvgIpc) is 3.52. The van der Waals surface area contributed by atoms with Crippen LogP contribution in [-0.2, 0) is 6.54 Å². The predicted octanol–water partition coefficient (Wildman–Crippen LogP) is 3.86. The van der Waals surface area contributed by atoms with Crippen LogP contribution in [-0.4, -0.2) is 26.9 Å². The highest BCUT2D eigenvalue weighted by Gasteiger charge is 2.35. The summed E-state index contributed by atoms with van der Waals surface area (Å²) < 4.78 is 13.6. The number of halogens is 1. The fourth-order valence-electron chi connectivity index (χ4n) is 3.70. The Morgan fingerprint density at radius 2 is 2.07 bits per heavy atom. The maximum absolute atomic E-state index is 13.6. The van der Waals surface area contributed by atoms with Crippen LogP contribution in [0.1, 0.15) is 35.8 Å². The van der Waals surface area contributed by atoms with E-state index in [1.165, 1.54) is 19.8 Å². The van der Waals surface area contributed by atoms with E-state index in [2.05, 4.69) is 39.0 Å². The van der Waals surface area contributed by atoms with Gasteiger partial charge in [-0.2, -0.15) is 4.39 Å². The molecular formula is C22H23FN4O. The maximum Gasteiger partial charge on any atom is 0.287 e. The molecule has 0 radical (unpaired) electrons. The minimum atomic E-state index is -0.831. The first-order valence-corrected chi connectivity index (χ1v) is 9.50. The Kier molecular flexibility index (Phi) is 5.05. The third kappa shape index (κ3) is 3.87. The minimum Gasteiger partial charge on any atom is -0.304 e. The molecule has 0 bridgehead atoms. The highest BCUT2D eigenvalue weighted by molar-refractivity contribution is 5.56. The molecule has 1 aromatic carbocycles. The van der Waals surface area contributed by atoms with Crippen molar-refractivity contribution in [3.8, 4) is 11.4 Å². The number of hydrogen-bond acceptors (Lipinski definition) is 4. The van der Waals surface area contributed by atoms with Gasteiger partial charge in [-0.3, -0.25) is 14.7 Å². The molecule has 0 saturated heterocycles. The van der Waals surface area contributed by atoms with Crippen LogP contribution in [0.2, 0.25) is 0 Å². The van der Waals surface area contributed by atoms with Crippen LogP contribution in [0.4, 0.5) is 4.39 Å². The van der Waals surface area contributed by atoms with E-state index in [-0.39, 0.29) is 11.7 Å². The smallest absolute Gasteiger partial charge is 0.287 e. The van der Waals surface area contributed by atoms with Crippen LogP contribution < -0.4 is 5.56 Å². The van der Waals surface area contributed by atoms with Gasteiger partial charge in [-0.1, -0.05) is 24.3 Å². The van der Waals surface area contributed by atoms with Crippen LogP contribution in [0.3, 0.4) is 0 Å². The highest BCUT2D eigenvalue weighted by Crippen LogP contribution is 2.43. The number of aromatic amines is 1. The zero-order chi connectivity index (χ0) is 19.7. The van der Waals surface area contributed by atoms with Crippen LogP contribution in [0, 0.1) is 18.7 Å². The van der Waals surface area contributed by atoms with Crippen molar-refractivity contribution in [1.82, 2.24) is 19.9 Å². The van der Waals surface area contributed by atoms with Crippen molar-refractivity contribution >= 4 is 0 Å². The Morgan fingerprint density at radius 1 is 1.25 bits per heavy atom. The van der Waals surface area contributed by atoms with Gasteiger partial charge in [0, 0.05) is 18.3 Å². The van der Waals surface area contributed by atoms with Gasteiger partial charge >= 0.3 is 0 Å². The molecule has 4 rings (SSSR count). The van der Waals surface area contributed by atoms with Gasteiger partial charge in [0.1, 0.15) is 5.82 Å². The number of nitrogens with zero attached hydrogens (tertiary/aromatic N) is 3. The summed E-state index contributed by atoms with van der Waals surface area (Å²) in [6, 6.07) is 14.2. The molecule has 0 amide bonds. The summed E-state index contributed by atoms with van der Waals surface area (Å²) in [6.45, 7) is 2.24. The fourth-order valence-corrected chi connectivity index (χ4v) is 3.70. The van der Waals surface area contributed by atoms with Crippen LogP contribution in [0.15, 0.2) is 53.5 Å². The first-order valence-electron chi connectivity index (χ1n) is 9.50. The Morgan fingerprint density at radius 3 is 2.75 bits per heavy atom. The molecule has 3 aromatic rings. The third-order valence-electron chi connectivity index (χ3n) is 5.20. The quantitative estimate of drug-likeness (QED) is 0.707. The first kappa shape index (κ1) is 18.5. The molecule has 1 aliphatic carbocycles. The van der Waals surface area contributed by atoms with E-state index < -0.39 is 11.4 Å². The topological polar surface area (TPSA) is 61.9 Å². The summed E-state index contributed by atoms with van der Waals surface area (Å²) in [5.41, 5.74) is 2.33. The van der Waals surface area contributed by atoms with Gasteiger partial charge in [0.15, 0.2) is 0 Å². The molecule has 1 saturated carbocycles. The second-order valence-electron chi connectivity index (χ2n) is 7.47. The highest BCUT2D eigenvalue weighted by atomic mass is 19.1. The average molecular weight is 378 g/mol. The molecule has 2 heterocycles. The lowest BCUT2D eigenvalue weighted by atomic mass is 10.0. The van der Waals surface area contributed by atoms with Gasteiger partial charge in [0.2, 0.25) is 5.82 Å². The summed E-state index contributed by atoms with van der Waals surface area (Å²) in [5, 5.41) is 0. The number of aromatic nitrogens is 3. The standard InChI is InChI=1S/C22H23FN4O/c1-14-19(23)22(28)26-21(25-14)17-7-5-6-15(12-17)13-27(2)20(16-9-10-16)18-8-3-4-11-24-18/h3-8,11-12,16,20H,9-10,13H2,1-2H3,(H,25,26,28)/t20-/m1/s1. The van der Waals surface area contributed by atoms with Crippen molar-refractivity contribution < 1.29 is 4.39 Å². The number of hydrogen-bond donors (Lipinski definition) is 1. The van der Waals surface area contributed by atoms with E-state index >= 15 is 0 Å². The second kappa shape index (κ2) is 7.64. The second-order valence-corrected chi connectivity index (χ2v) is 7.47. The maximum atomic E-state index is 13.6. The van der Waals surface area contributed by atoms with Gasteiger partial charge < -0.3 is 4.98 Å². The molecule has 144 valence electrons. The summed E-state index contributed by atoms with van der Waals surface area (Å²) >= 11 is 0. The summed E-state index contributed by atoms with van der Waals surface area (Å²) in [5.74, 6) is 0.194. The van der Waals surface area contributed by atoms with Crippen molar-refractivity contribution in [3.05, 3.63) is 81.8 Å². The number of rotatable bonds is 6. The SMILES string of the molecule is Cc1nc(-c2cccc(CN(C)[C@@H](c3ccccn3)C3CC3)c2)[nH]c(=O)c1F.